The Kier molecular flexibility index (Phi) is 6.44. The van der Waals surface area contributed by atoms with E-state index in [4.69, 9.17) is 16.3 Å². The number of halogens is 1. The second-order valence-electron chi connectivity index (χ2n) is 7.66. The Morgan fingerprint density at radius 2 is 2.11 bits per heavy atom. The van der Waals surface area contributed by atoms with E-state index in [1.807, 2.05) is 22.9 Å². The molecule has 8 heteroatoms. The normalized spacial score (nSPS) is 21.9. The second kappa shape index (κ2) is 9.20. The minimum Gasteiger partial charge on any atom is -0.376 e. The van der Waals surface area contributed by atoms with Gasteiger partial charge in [0.2, 0.25) is 0 Å². The van der Waals surface area contributed by atoms with Gasteiger partial charge in [-0.1, -0.05) is 31.0 Å². The molecule has 0 N–H and O–H groups in total. The number of hydrogen-bond donors (Lipinski definition) is 0. The van der Waals surface area contributed by atoms with Crippen LogP contribution in [0.2, 0.25) is 5.02 Å². The summed E-state index contributed by atoms with van der Waals surface area (Å²) in [6, 6.07) is 8.37. The largest absolute Gasteiger partial charge is 0.376 e. The summed E-state index contributed by atoms with van der Waals surface area (Å²) in [6.45, 7) is 7.77. The molecule has 4 rings (SSSR count). The molecular weight excluding hydrogens is 376 g/mol. The summed E-state index contributed by atoms with van der Waals surface area (Å²) in [6.07, 6.45) is 4.63. The summed E-state index contributed by atoms with van der Waals surface area (Å²) in [4.78, 5) is 4.93. The van der Waals surface area contributed by atoms with Crippen LogP contribution in [0.3, 0.4) is 0 Å². The Labute approximate surface area is 171 Å². The second-order valence-corrected chi connectivity index (χ2v) is 8.10. The van der Waals surface area contributed by atoms with Gasteiger partial charge in [-0.05, 0) is 47.9 Å². The molecule has 1 aromatic carbocycles. The molecule has 152 valence electrons. The number of piperazine rings is 1. The van der Waals surface area contributed by atoms with Crippen molar-refractivity contribution in [2.24, 2.45) is 0 Å². The summed E-state index contributed by atoms with van der Waals surface area (Å²) in [5, 5.41) is 13.5. The van der Waals surface area contributed by atoms with Crippen molar-refractivity contribution in [1.29, 1.82) is 0 Å². The first-order chi connectivity index (χ1) is 13.7. The minimum absolute atomic E-state index is 0.240. The highest BCUT2D eigenvalue weighted by atomic mass is 35.5. The number of hydrogen-bond acceptors (Lipinski definition) is 6. The average molecular weight is 405 g/mol. The number of rotatable bonds is 7. The zero-order valence-electron chi connectivity index (χ0n) is 16.5. The van der Waals surface area contributed by atoms with Crippen molar-refractivity contribution in [3.05, 3.63) is 35.1 Å². The molecule has 2 saturated heterocycles. The molecule has 0 spiro atoms. The van der Waals surface area contributed by atoms with Gasteiger partial charge in [-0.3, -0.25) is 4.90 Å². The predicted octanol–water partition coefficient (Wildman–Crippen LogP) is 3.17. The molecule has 7 nitrogen and oxygen atoms in total. The van der Waals surface area contributed by atoms with Crippen molar-refractivity contribution in [2.45, 2.75) is 51.3 Å². The predicted molar refractivity (Wildman–Crippen MR) is 110 cm³/mol. The average Bonchev–Trinajstić information content (AvgIpc) is 3.39. The third kappa shape index (κ3) is 4.47. The van der Waals surface area contributed by atoms with Gasteiger partial charge in [0, 0.05) is 43.5 Å². The molecule has 0 unspecified atom stereocenters. The van der Waals surface area contributed by atoms with Gasteiger partial charge in [0.25, 0.3) is 0 Å². The van der Waals surface area contributed by atoms with E-state index >= 15 is 0 Å². The molecule has 1 aromatic heterocycles. The highest BCUT2D eigenvalue weighted by molar-refractivity contribution is 6.30. The molecule has 2 aliphatic rings. The number of aromatic nitrogens is 4. The zero-order chi connectivity index (χ0) is 19.3. The summed E-state index contributed by atoms with van der Waals surface area (Å²) in [7, 11) is 0. The number of ether oxygens (including phenoxy) is 1. The topological polar surface area (TPSA) is 59.3 Å². The Balaban J connectivity index is 1.44. The minimum atomic E-state index is 0.240. The van der Waals surface area contributed by atoms with E-state index in [2.05, 4.69) is 38.3 Å². The van der Waals surface area contributed by atoms with E-state index in [0.29, 0.717) is 0 Å². The molecule has 2 aliphatic heterocycles. The van der Waals surface area contributed by atoms with Gasteiger partial charge in [0.15, 0.2) is 5.82 Å². The van der Waals surface area contributed by atoms with Gasteiger partial charge < -0.3 is 9.64 Å². The van der Waals surface area contributed by atoms with Crippen molar-refractivity contribution in [3.8, 4) is 0 Å². The lowest BCUT2D eigenvalue weighted by molar-refractivity contribution is 0.0891. The Morgan fingerprint density at radius 3 is 2.82 bits per heavy atom. The zero-order valence-corrected chi connectivity index (χ0v) is 17.3. The third-order valence-corrected chi connectivity index (χ3v) is 5.98. The maximum absolute atomic E-state index is 6.17. The quantitative estimate of drug-likeness (QED) is 0.706. The van der Waals surface area contributed by atoms with Crippen LogP contribution in [0.5, 0.6) is 0 Å². The Morgan fingerprint density at radius 1 is 1.25 bits per heavy atom. The van der Waals surface area contributed by atoms with Crippen molar-refractivity contribution in [1.82, 2.24) is 25.1 Å². The fourth-order valence-corrected chi connectivity index (χ4v) is 4.46. The molecule has 0 saturated carbocycles. The summed E-state index contributed by atoms with van der Waals surface area (Å²) in [5.41, 5.74) is 1.20. The first-order valence-electron chi connectivity index (χ1n) is 10.4. The van der Waals surface area contributed by atoms with Gasteiger partial charge in [0.1, 0.15) is 0 Å². The van der Waals surface area contributed by atoms with E-state index in [0.717, 1.165) is 75.9 Å². The third-order valence-electron chi connectivity index (χ3n) is 5.75. The maximum Gasteiger partial charge on any atom is 0.168 e. The molecule has 0 bridgehead atoms. The molecular formula is C20H29ClN6O. The van der Waals surface area contributed by atoms with E-state index < -0.39 is 0 Å². The maximum atomic E-state index is 6.17. The van der Waals surface area contributed by atoms with Gasteiger partial charge >= 0.3 is 0 Å². The SMILES string of the molecule is CCC[C@H](c1nnnn1C[C@@H]1CCCO1)N1CCN(c2cccc(Cl)c2)CC1. The van der Waals surface area contributed by atoms with Gasteiger partial charge in [-0.15, -0.1) is 5.10 Å². The number of benzene rings is 1. The van der Waals surface area contributed by atoms with Crippen molar-refractivity contribution in [2.75, 3.05) is 37.7 Å². The lowest BCUT2D eigenvalue weighted by Gasteiger charge is -2.39. The van der Waals surface area contributed by atoms with E-state index in [1.54, 1.807) is 0 Å². The van der Waals surface area contributed by atoms with Crippen LogP contribution in [0.15, 0.2) is 24.3 Å². The number of anilines is 1. The molecule has 0 amide bonds. The highest BCUT2D eigenvalue weighted by Gasteiger charge is 2.29. The van der Waals surface area contributed by atoms with Crippen molar-refractivity contribution < 1.29 is 4.74 Å². The number of tetrazole rings is 1. The van der Waals surface area contributed by atoms with Crippen LogP contribution in [0.25, 0.3) is 0 Å². The molecule has 3 heterocycles. The molecule has 0 radical (unpaired) electrons. The lowest BCUT2D eigenvalue weighted by Crippen LogP contribution is -2.48. The highest BCUT2D eigenvalue weighted by Crippen LogP contribution is 2.28. The van der Waals surface area contributed by atoms with Gasteiger partial charge in [-0.2, -0.15) is 0 Å². The summed E-state index contributed by atoms with van der Waals surface area (Å²) in [5.74, 6) is 0.980. The van der Waals surface area contributed by atoms with Crippen LogP contribution in [-0.4, -0.2) is 64.0 Å². The Hall–Kier alpha value is -1.70. The summed E-state index contributed by atoms with van der Waals surface area (Å²) >= 11 is 6.17. The molecule has 28 heavy (non-hydrogen) atoms. The Bertz CT molecular complexity index is 755. The smallest absolute Gasteiger partial charge is 0.168 e. The van der Waals surface area contributed by atoms with Crippen LogP contribution >= 0.6 is 11.6 Å². The standard InChI is InChI=1S/C20H29ClN6O/c1-2-5-19(20-22-23-24-27(20)15-18-8-4-13-28-18)26-11-9-25(10-12-26)17-7-3-6-16(21)14-17/h3,6-7,14,18-19H,2,4-5,8-13,15H2,1H3/t18-,19+/m0/s1. The first kappa shape index (κ1) is 19.6. The fourth-order valence-electron chi connectivity index (χ4n) is 4.27. The van der Waals surface area contributed by atoms with Crippen LogP contribution in [0.1, 0.15) is 44.5 Å². The lowest BCUT2D eigenvalue weighted by atomic mass is 10.1. The van der Waals surface area contributed by atoms with Crippen molar-refractivity contribution >= 4 is 17.3 Å². The van der Waals surface area contributed by atoms with Crippen LogP contribution in [0, 0.1) is 0 Å². The van der Waals surface area contributed by atoms with E-state index in [9.17, 15) is 0 Å². The first-order valence-corrected chi connectivity index (χ1v) is 10.7. The van der Waals surface area contributed by atoms with Crippen molar-refractivity contribution in [3.63, 3.8) is 0 Å². The van der Waals surface area contributed by atoms with Gasteiger partial charge in [0.05, 0.1) is 18.7 Å². The fraction of sp³-hybridized carbons (Fsp3) is 0.650. The molecule has 2 atom stereocenters. The van der Waals surface area contributed by atoms with E-state index in [-0.39, 0.29) is 12.1 Å². The number of nitrogens with zero attached hydrogens (tertiary/aromatic N) is 6. The molecule has 0 aliphatic carbocycles. The van der Waals surface area contributed by atoms with Gasteiger partial charge in [-0.25, -0.2) is 4.68 Å². The van der Waals surface area contributed by atoms with Crippen LogP contribution in [-0.2, 0) is 11.3 Å². The van der Waals surface area contributed by atoms with E-state index in [1.165, 1.54) is 5.69 Å². The molecule has 2 fully saturated rings. The summed E-state index contributed by atoms with van der Waals surface area (Å²) < 4.78 is 7.76. The molecule has 2 aromatic rings. The van der Waals surface area contributed by atoms with Crippen LogP contribution < -0.4 is 4.90 Å². The monoisotopic (exact) mass is 404 g/mol. The van der Waals surface area contributed by atoms with Crippen LogP contribution in [0.4, 0.5) is 5.69 Å².